The fraction of sp³-hybridized carbons (Fsp3) is 0.680. The van der Waals surface area contributed by atoms with Crippen LogP contribution in [0.5, 0.6) is 0 Å². The summed E-state index contributed by atoms with van der Waals surface area (Å²) in [5, 5.41) is 21.6. The van der Waals surface area contributed by atoms with Gasteiger partial charge < -0.3 is 10.4 Å². The summed E-state index contributed by atoms with van der Waals surface area (Å²) in [4.78, 5) is 12.4. The number of anilines is 1. The van der Waals surface area contributed by atoms with E-state index in [9.17, 15) is 31.5 Å². The van der Waals surface area contributed by atoms with Crippen LogP contribution in [0.2, 0.25) is 0 Å². The van der Waals surface area contributed by atoms with Gasteiger partial charge in [0.25, 0.3) is 5.91 Å². The summed E-state index contributed by atoms with van der Waals surface area (Å²) < 4.78 is 63.3. The molecule has 1 aromatic rings. The van der Waals surface area contributed by atoms with Gasteiger partial charge in [-0.3, -0.25) is 4.79 Å². The molecule has 0 bridgehead atoms. The average Bonchev–Trinajstić information content (AvgIpc) is 2.77. The molecule has 0 fully saturated rings. The van der Waals surface area contributed by atoms with Crippen molar-refractivity contribution in [2.45, 2.75) is 96.3 Å². The van der Waals surface area contributed by atoms with Crippen molar-refractivity contribution >= 4 is 21.4 Å². The van der Waals surface area contributed by atoms with Crippen LogP contribution in [0.3, 0.4) is 0 Å². The predicted octanol–water partition coefficient (Wildman–Crippen LogP) is 5.99. The molecule has 0 aliphatic rings. The third-order valence-corrected chi connectivity index (χ3v) is 7.69. The lowest BCUT2D eigenvalue weighted by molar-refractivity contribution is -0.138. The number of aliphatic hydroxyl groups is 1. The first kappa shape index (κ1) is 30.9. The molecule has 0 aliphatic carbocycles. The van der Waals surface area contributed by atoms with Crippen molar-refractivity contribution in [3.63, 3.8) is 0 Å². The van der Waals surface area contributed by atoms with E-state index in [1.54, 1.807) is 0 Å². The minimum atomic E-state index is -4.74. The van der Waals surface area contributed by atoms with Crippen LogP contribution in [0.15, 0.2) is 18.2 Å². The third kappa shape index (κ3) is 11.9. The summed E-state index contributed by atoms with van der Waals surface area (Å²) in [5.41, 5.74) is -3.62. The van der Waals surface area contributed by atoms with E-state index in [-0.39, 0.29) is 23.6 Å². The summed E-state index contributed by atoms with van der Waals surface area (Å²) in [7, 11) is -2.98. The number of unbranched alkanes of at least 4 members (excludes halogenated alkanes) is 8. The number of carbonyl (C=O) groups is 1. The fourth-order valence-corrected chi connectivity index (χ4v) is 5.17. The Balaban J connectivity index is 2.35. The van der Waals surface area contributed by atoms with Crippen LogP contribution >= 0.6 is 0 Å². The molecule has 1 aromatic carbocycles. The maximum atomic E-state index is 13.1. The molecule has 198 valence electrons. The minimum absolute atomic E-state index is 0.132. The molecule has 1 rings (SSSR count). The number of benzene rings is 1. The Morgan fingerprint density at radius 1 is 1.00 bits per heavy atom. The van der Waals surface area contributed by atoms with Gasteiger partial charge in [-0.2, -0.15) is 18.4 Å². The lowest BCUT2D eigenvalue weighted by atomic mass is 9.96. The number of nitrogens with one attached hydrogen (secondary N) is 1. The molecule has 1 amide bonds. The summed E-state index contributed by atoms with van der Waals surface area (Å²) in [5.74, 6) is -0.358. The van der Waals surface area contributed by atoms with Gasteiger partial charge in [0.2, 0.25) is 0 Å². The lowest BCUT2D eigenvalue weighted by Gasteiger charge is -2.22. The zero-order valence-electron chi connectivity index (χ0n) is 20.6. The number of halogens is 3. The summed E-state index contributed by atoms with van der Waals surface area (Å²) in [6, 6.07) is 4.32. The molecule has 0 spiro atoms. The Morgan fingerprint density at radius 2 is 1.54 bits per heavy atom. The number of carbonyl (C=O) groups excluding carboxylic acids is 1. The van der Waals surface area contributed by atoms with E-state index < -0.39 is 38.6 Å². The van der Waals surface area contributed by atoms with E-state index in [4.69, 9.17) is 5.26 Å². The first-order valence-electron chi connectivity index (χ1n) is 12.2. The Hall–Kier alpha value is -2.12. The van der Waals surface area contributed by atoms with Crippen molar-refractivity contribution in [1.82, 2.24) is 0 Å². The first-order valence-corrected chi connectivity index (χ1v) is 14.0. The highest BCUT2D eigenvalue weighted by molar-refractivity contribution is 7.91. The van der Waals surface area contributed by atoms with Crippen molar-refractivity contribution in [2.24, 2.45) is 0 Å². The van der Waals surface area contributed by atoms with Gasteiger partial charge in [0.05, 0.1) is 28.7 Å². The molecular formula is C25H37F3N2O4S. The average molecular weight is 519 g/mol. The minimum Gasteiger partial charge on any atom is -0.380 e. The zero-order chi connectivity index (χ0) is 26.5. The third-order valence-electron chi connectivity index (χ3n) is 5.87. The molecule has 0 aliphatic heterocycles. The molecule has 0 saturated heterocycles. The van der Waals surface area contributed by atoms with Gasteiger partial charge in [-0.25, -0.2) is 8.42 Å². The largest absolute Gasteiger partial charge is 0.417 e. The van der Waals surface area contributed by atoms with Gasteiger partial charge >= 0.3 is 6.18 Å². The smallest absolute Gasteiger partial charge is 0.380 e. The van der Waals surface area contributed by atoms with Gasteiger partial charge in [-0.05, 0) is 44.4 Å². The van der Waals surface area contributed by atoms with Crippen LogP contribution in [0.25, 0.3) is 0 Å². The number of hydrogen-bond acceptors (Lipinski definition) is 5. The first-order chi connectivity index (χ1) is 16.3. The highest BCUT2D eigenvalue weighted by atomic mass is 32.2. The molecule has 1 atom stereocenters. The van der Waals surface area contributed by atoms with E-state index in [2.05, 4.69) is 12.2 Å². The van der Waals surface area contributed by atoms with Gasteiger partial charge in [0, 0.05) is 5.69 Å². The number of alkyl halides is 3. The van der Waals surface area contributed by atoms with Crippen LogP contribution in [0.4, 0.5) is 18.9 Å². The Kier molecular flexibility index (Phi) is 12.8. The van der Waals surface area contributed by atoms with Crippen molar-refractivity contribution < 1.29 is 31.5 Å². The molecule has 0 heterocycles. The van der Waals surface area contributed by atoms with Crippen LogP contribution in [0, 0.1) is 11.3 Å². The summed E-state index contributed by atoms with van der Waals surface area (Å²) in [6.07, 6.45) is 3.56. The van der Waals surface area contributed by atoms with Gasteiger partial charge in [0.1, 0.15) is 15.4 Å². The van der Waals surface area contributed by atoms with Gasteiger partial charge in [0.15, 0.2) is 0 Å². The Bertz CT molecular complexity index is 954. The van der Waals surface area contributed by atoms with Crippen LogP contribution < -0.4 is 5.32 Å². The van der Waals surface area contributed by atoms with E-state index in [0.29, 0.717) is 18.9 Å². The highest BCUT2D eigenvalue weighted by Gasteiger charge is 2.35. The van der Waals surface area contributed by atoms with Crippen LogP contribution in [0.1, 0.15) is 95.6 Å². The second kappa shape index (κ2) is 14.4. The highest BCUT2D eigenvalue weighted by Crippen LogP contribution is 2.33. The molecule has 0 saturated carbocycles. The fourth-order valence-electron chi connectivity index (χ4n) is 3.68. The second-order valence-corrected chi connectivity index (χ2v) is 11.5. The number of sulfone groups is 1. The molecule has 0 radical (unpaired) electrons. The quantitative estimate of drug-likeness (QED) is 0.261. The van der Waals surface area contributed by atoms with E-state index in [1.807, 2.05) is 0 Å². The number of rotatable bonds is 16. The van der Waals surface area contributed by atoms with Crippen LogP contribution in [-0.2, 0) is 20.8 Å². The maximum Gasteiger partial charge on any atom is 0.417 e. The predicted molar refractivity (Wildman–Crippen MR) is 131 cm³/mol. The van der Waals surface area contributed by atoms with Crippen LogP contribution in [-0.4, -0.2) is 36.5 Å². The SMILES string of the molecule is CCCCCCS(=O)(=O)CCCCCCCC[C@](C)(O)C(=O)Nc1ccc(C#N)c(C(F)(F)F)c1. The standard InChI is InChI=1S/C25H37F3N2O4S/c1-3-4-5-11-16-35(33,34)17-12-9-7-6-8-10-15-24(2,32)23(31)30-21-14-13-20(19-29)22(18-21)25(26,27)28/h13-14,18,32H,3-12,15-17H2,1-2H3,(H,30,31)/t24-/m0/s1. The lowest BCUT2D eigenvalue weighted by Crippen LogP contribution is -2.40. The molecule has 35 heavy (non-hydrogen) atoms. The maximum absolute atomic E-state index is 13.1. The number of nitriles is 1. The van der Waals surface area contributed by atoms with Crippen molar-refractivity contribution in [3.05, 3.63) is 29.3 Å². The Morgan fingerprint density at radius 3 is 2.09 bits per heavy atom. The van der Waals surface area contributed by atoms with E-state index >= 15 is 0 Å². The summed E-state index contributed by atoms with van der Waals surface area (Å²) in [6.45, 7) is 3.39. The number of nitrogens with zero attached hydrogens (tertiary/aromatic N) is 1. The summed E-state index contributed by atoms with van der Waals surface area (Å²) >= 11 is 0. The molecule has 6 nitrogen and oxygen atoms in total. The van der Waals surface area contributed by atoms with Crippen molar-refractivity contribution in [3.8, 4) is 6.07 Å². The Labute approximate surface area is 206 Å². The van der Waals surface area contributed by atoms with Gasteiger partial charge in [-0.15, -0.1) is 0 Å². The van der Waals surface area contributed by atoms with Crippen molar-refractivity contribution in [2.75, 3.05) is 16.8 Å². The zero-order valence-corrected chi connectivity index (χ0v) is 21.4. The van der Waals surface area contributed by atoms with E-state index in [1.165, 1.54) is 19.1 Å². The number of hydrogen-bond donors (Lipinski definition) is 2. The monoisotopic (exact) mass is 518 g/mol. The van der Waals surface area contributed by atoms with Gasteiger partial charge in [-0.1, -0.05) is 58.3 Å². The molecule has 10 heteroatoms. The van der Waals surface area contributed by atoms with E-state index in [0.717, 1.165) is 57.4 Å². The molecule has 0 unspecified atom stereocenters. The van der Waals surface area contributed by atoms with Crippen molar-refractivity contribution in [1.29, 1.82) is 5.26 Å². The topological polar surface area (TPSA) is 107 Å². The molecular weight excluding hydrogens is 481 g/mol. The second-order valence-electron chi connectivity index (χ2n) is 9.18. The molecule has 0 aromatic heterocycles. The number of amides is 1. The molecule has 2 N–H and O–H groups in total. The normalized spacial score (nSPS) is 13.7.